The second-order valence-corrected chi connectivity index (χ2v) is 13.5. The fourth-order valence-corrected chi connectivity index (χ4v) is 10.7. The average molecular weight is 429 g/mol. The van der Waals surface area contributed by atoms with Gasteiger partial charge in [0.05, 0.1) is 5.41 Å². The van der Waals surface area contributed by atoms with Crippen LogP contribution in [-0.2, 0) is 9.59 Å². The first-order chi connectivity index (χ1) is 14.5. The van der Waals surface area contributed by atoms with Gasteiger partial charge in [0.15, 0.2) is 0 Å². The number of Topliss-reactive ketones (excluding diaryl/α,β-unsaturated/α-hetero) is 1. The third kappa shape index (κ3) is 2.70. The lowest BCUT2D eigenvalue weighted by Crippen LogP contribution is -2.65. The normalized spacial score (nSPS) is 56.6. The number of hydrogen-bond donors (Lipinski definition) is 1. The quantitative estimate of drug-likeness (QED) is 0.503. The molecule has 10 unspecified atom stereocenters. The minimum atomic E-state index is -0.504. The molecular formula is C28H44O3. The predicted molar refractivity (Wildman–Crippen MR) is 122 cm³/mol. The summed E-state index contributed by atoms with van der Waals surface area (Å²) in [5.74, 6) is 3.08. The maximum atomic E-state index is 12.6. The van der Waals surface area contributed by atoms with Crippen LogP contribution in [0.2, 0.25) is 0 Å². The Morgan fingerprint density at radius 2 is 1.48 bits per heavy atom. The third-order valence-electron chi connectivity index (χ3n) is 12.6. The van der Waals surface area contributed by atoms with Gasteiger partial charge in [0.2, 0.25) is 0 Å². The molecule has 0 spiro atoms. The van der Waals surface area contributed by atoms with Crippen LogP contribution in [0.1, 0.15) is 105 Å². The molecule has 3 nitrogen and oxygen atoms in total. The summed E-state index contributed by atoms with van der Waals surface area (Å²) in [6.45, 7) is 12.1. The van der Waals surface area contributed by atoms with Crippen LogP contribution in [-0.4, -0.2) is 16.9 Å². The van der Waals surface area contributed by atoms with E-state index in [1.54, 1.807) is 0 Å². The highest BCUT2D eigenvalue weighted by Gasteiger charge is 2.68. The Balaban J connectivity index is 1.52. The van der Waals surface area contributed by atoms with E-state index in [2.05, 4.69) is 34.6 Å². The Labute approximate surface area is 189 Å². The zero-order valence-electron chi connectivity index (χ0n) is 20.5. The highest BCUT2D eigenvalue weighted by molar-refractivity contribution is 5.82. The van der Waals surface area contributed by atoms with E-state index in [1.807, 2.05) is 0 Å². The molecule has 0 heterocycles. The molecule has 5 fully saturated rings. The molecule has 10 atom stereocenters. The minimum Gasteiger partial charge on any atom is -0.481 e. The van der Waals surface area contributed by atoms with E-state index in [1.165, 1.54) is 25.7 Å². The van der Waals surface area contributed by atoms with E-state index in [0.29, 0.717) is 40.8 Å². The maximum Gasteiger partial charge on any atom is 0.309 e. The number of hydrogen-bond acceptors (Lipinski definition) is 2. The fraction of sp³-hybridized carbons (Fsp3) is 0.929. The van der Waals surface area contributed by atoms with Gasteiger partial charge in [-0.1, -0.05) is 34.6 Å². The lowest BCUT2D eigenvalue weighted by Gasteiger charge is -2.70. The van der Waals surface area contributed by atoms with Crippen molar-refractivity contribution in [1.29, 1.82) is 0 Å². The monoisotopic (exact) mass is 428 g/mol. The van der Waals surface area contributed by atoms with Gasteiger partial charge in [-0.2, -0.15) is 0 Å². The number of carboxylic acid groups (broad SMARTS) is 1. The zero-order valence-corrected chi connectivity index (χ0v) is 20.5. The molecule has 3 heteroatoms. The van der Waals surface area contributed by atoms with Gasteiger partial charge in [-0.15, -0.1) is 0 Å². The number of carboxylic acids is 1. The van der Waals surface area contributed by atoms with Crippen LogP contribution >= 0.6 is 0 Å². The molecule has 5 aliphatic carbocycles. The molecule has 0 aliphatic heterocycles. The number of ketones is 1. The van der Waals surface area contributed by atoms with Crippen LogP contribution in [0.5, 0.6) is 0 Å². The number of carbonyl (C=O) groups excluding carboxylic acids is 1. The Hall–Kier alpha value is -0.860. The Bertz CT molecular complexity index is 789. The SMILES string of the molecule is CC1CCC2(C(=O)O)CCC3(C)C(CCC4(C)C5CCC(=O)C(C)C5(C)CCC34)C2C1. The highest BCUT2D eigenvalue weighted by atomic mass is 16.4. The maximum absolute atomic E-state index is 12.6. The summed E-state index contributed by atoms with van der Waals surface area (Å²) in [7, 11) is 0. The largest absolute Gasteiger partial charge is 0.481 e. The van der Waals surface area contributed by atoms with Gasteiger partial charge in [0.1, 0.15) is 5.78 Å². The first-order valence-electron chi connectivity index (χ1n) is 13.3. The molecular weight excluding hydrogens is 384 g/mol. The number of fused-ring (bicyclic) bond motifs is 7. The molecule has 5 rings (SSSR count). The van der Waals surface area contributed by atoms with Gasteiger partial charge in [0, 0.05) is 12.3 Å². The Morgan fingerprint density at radius 1 is 0.806 bits per heavy atom. The van der Waals surface area contributed by atoms with Crippen molar-refractivity contribution < 1.29 is 14.7 Å². The van der Waals surface area contributed by atoms with Crippen molar-refractivity contribution in [1.82, 2.24) is 0 Å². The molecule has 1 N–H and O–H groups in total. The van der Waals surface area contributed by atoms with Crippen molar-refractivity contribution >= 4 is 11.8 Å². The molecule has 5 aliphatic rings. The Kier molecular flexibility index (Phi) is 4.84. The molecule has 0 bridgehead atoms. The van der Waals surface area contributed by atoms with Crippen LogP contribution in [0.15, 0.2) is 0 Å². The second-order valence-electron chi connectivity index (χ2n) is 13.5. The van der Waals surface area contributed by atoms with Gasteiger partial charge < -0.3 is 5.11 Å². The predicted octanol–water partition coefficient (Wildman–Crippen LogP) is 6.74. The van der Waals surface area contributed by atoms with Crippen molar-refractivity contribution in [3.8, 4) is 0 Å². The first-order valence-corrected chi connectivity index (χ1v) is 13.3. The zero-order chi connectivity index (χ0) is 22.4. The van der Waals surface area contributed by atoms with Gasteiger partial charge in [-0.25, -0.2) is 0 Å². The van der Waals surface area contributed by atoms with E-state index in [0.717, 1.165) is 44.9 Å². The third-order valence-corrected chi connectivity index (χ3v) is 12.6. The molecule has 0 amide bonds. The minimum absolute atomic E-state index is 0.155. The summed E-state index contributed by atoms with van der Waals surface area (Å²) in [5.41, 5.74) is 0.262. The summed E-state index contributed by atoms with van der Waals surface area (Å²) >= 11 is 0. The summed E-state index contributed by atoms with van der Waals surface area (Å²) in [5, 5.41) is 10.4. The van der Waals surface area contributed by atoms with E-state index >= 15 is 0 Å². The Morgan fingerprint density at radius 3 is 2.19 bits per heavy atom. The van der Waals surface area contributed by atoms with Crippen LogP contribution in [0.4, 0.5) is 0 Å². The number of aliphatic carboxylic acids is 1. The molecule has 0 aromatic carbocycles. The number of carbonyl (C=O) groups is 2. The average Bonchev–Trinajstić information content (AvgIpc) is 2.70. The fourth-order valence-electron chi connectivity index (χ4n) is 10.7. The van der Waals surface area contributed by atoms with Crippen LogP contribution < -0.4 is 0 Å². The molecule has 0 aromatic heterocycles. The highest BCUT2D eigenvalue weighted by Crippen LogP contribution is 2.74. The van der Waals surface area contributed by atoms with Gasteiger partial charge in [-0.05, 0) is 110 Å². The molecule has 5 saturated carbocycles. The van der Waals surface area contributed by atoms with Crippen LogP contribution in [0.25, 0.3) is 0 Å². The summed E-state index contributed by atoms with van der Waals surface area (Å²) in [6.07, 6.45) is 11.8. The van der Waals surface area contributed by atoms with Crippen molar-refractivity contribution in [3.63, 3.8) is 0 Å². The first kappa shape index (κ1) is 22.0. The van der Waals surface area contributed by atoms with Crippen molar-refractivity contribution in [2.75, 3.05) is 0 Å². The van der Waals surface area contributed by atoms with Gasteiger partial charge in [-0.3, -0.25) is 9.59 Å². The van der Waals surface area contributed by atoms with E-state index in [-0.39, 0.29) is 16.7 Å². The molecule has 0 radical (unpaired) electrons. The topological polar surface area (TPSA) is 54.4 Å². The number of rotatable bonds is 1. The van der Waals surface area contributed by atoms with Crippen molar-refractivity contribution in [3.05, 3.63) is 0 Å². The molecule has 0 aromatic rings. The lowest BCUT2D eigenvalue weighted by atomic mass is 9.34. The summed E-state index contributed by atoms with van der Waals surface area (Å²) < 4.78 is 0. The van der Waals surface area contributed by atoms with E-state index in [9.17, 15) is 14.7 Å². The molecule has 31 heavy (non-hydrogen) atoms. The van der Waals surface area contributed by atoms with E-state index in [4.69, 9.17) is 0 Å². The van der Waals surface area contributed by atoms with Crippen LogP contribution in [0.3, 0.4) is 0 Å². The van der Waals surface area contributed by atoms with Crippen molar-refractivity contribution in [2.45, 2.75) is 105 Å². The molecule has 0 saturated heterocycles. The lowest BCUT2D eigenvalue weighted by molar-refractivity contribution is -0.222. The second kappa shape index (κ2) is 6.83. The molecule has 174 valence electrons. The van der Waals surface area contributed by atoms with Crippen LogP contribution in [0, 0.1) is 57.2 Å². The van der Waals surface area contributed by atoms with Gasteiger partial charge in [0.25, 0.3) is 0 Å². The smallest absolute Gasteiger partial charge is 0.309 e. The van der Waals surface area contributed by atoms with E-state index < -0.39 is 11.4 Å². The van der Waals surface area contributed by atoms with Crippen molar-refractivity contribution in [2.24, 2.45) is 57.2 Å². The van der Waals surface area contributed by atoms with Gasteiger partial charge >= 0.3 is 5.97 Å². The summed E-state index contributed by atoms with van der Waals surface area (Å²) in [6, 6.07) is 0. The standard InChI is InChI=1S/C28H44O3/c1-17-8-13-28(24(30)31)15-14-26(4)19(20(28)16-17)9-11-27(5)22-7-6-21(29)18(2)25(22,3)12-10-23(26)27/h17-20,22-23H,6-16H2,1-5H3,(H,30,31). The summed E-state index contributed by atoms with van der Waals surface area (Å²) in [4.78, 5) is 25.2.